The minimum absolute atomic E-state index is 0.137. The number of hydrogen-bond donors (Lipinski definition) is 2. The molecule has 0 saturated heterocycles. The molecule has 2 heterocycles. The first-order valence-corrected chi connectivity index (χ1v) is 8.73. The molecule has 8 heteroatoms. The van der Waals surface area contributed by atoms with E-state index in [9.17, 15) is 9.59 Å². The SMILES string of the molecule is COc1cc(NC(=O)CCn2cc(C)cn2)ccc1NC(=O)c1cccnc1. The molecule has 0 spiro atoms. The lowest BCUT2D eigenvalue weighted by atomic mass is 10.2. The molecule has 0 radical (unpaired) electrons. The number of hydrogen-bond acceptors (Lipinski definition) is 5. The van der Waals surface area contributed by atoms with Gasteiger partial charge in [0.15, 0.2) is 0 Å². The Morgan fingerprint density at radius 1 is 1.18 bits per heavy atom. The van der Waals surface area contributed by atoms with E-state index in [1.54, 1.807) is 47.4 Å². The number of ether oxygens (including phenoxy) is 1. The topological polar surface area (TPSA) is 98.1 Å². The molecule has 0 fully saturated rings. The van der Waals surface area contributed by atoms with Gasteiger partial charge in [0, 0.05) is 43.3 Å². The van der Waals surface area contributed by atoms with Gasteiger partial charge < -0.3 is 15.4 Å². The lowest BCUT2D eigenvalue weighted by Crippen LogP contribution is -2.15. The number of anilines is 2. The van der Waals surface area contributed by atoms with Gasteiger partial charge in [0.05, 0.1) is 24.6 Å². The second kappa shape index (κ2) is 8.81. The molecule has 8 nitrogen and oxygen atoms in total. The summed E-state index contributed by atoms with van der Waals surface area (Å²) in [5.74, 6) is 0.0118. The van der Waals surface area contributed by atoms with Crippen LogP contribution >= 0.6 is 0 Å². The van der Waals surface area contributed by atoms with E-state index in [0.717, 1.165) is 5.56 Å². The highest BCUT2D eigenvalue weighted by atomic mass is 16.5. The molecule has 0 atom stereocenters. The Morgan fingerprint density at radius 3 is 2.71 bits per heavy atom. The van der Waals surface area contributed by atoms with Crippen molar-refractivity contribution in [3.05, 3.63) is 66.2 Å². The van der Waals surface area contributed by atoms with Crippen LogP contribution < -0.4 is 15.4 Å². The van der Waals surface area contributed by atoms with Crippen molar-refractivity contribution >= 4 is 23.2 Å². The van der Waals surface area contributed by atoms with Crippen LogP contribution in [0.2, 0.25) is 0 Å². The van der Waals surface area contributed by atoms with Crippen molar-refractivity contribution in [3.63, 3.8) is 0 Å². The Morgan fingerprint density at radius 2 is 2.04 bits per heavy atom. The molecule has 3 rings (SSSR count). The van der Waals surface area contributed by atoms with Gasteiger partial charge in [-0.15, -0.1) is 0 Å². The standard InChI is InChI=1S/C20H21N5O3/c1-14-11-22-25(13-14)9-7-19(26)23-16-5-6-17(18(10-16)28-2)24-20(27)15-4-3-8-21-12-15/h3-6,8,10-13H,7,9H2,1-2H3,(H,23,26)(H,24,27). The number of nitrogens with one attached hydrogen (secondary N) is 2. The first-order valence-electron chi connectivity index (χ1n) is 8.73. The number of pyridine rings is 1. The van der Waals surface area contributed by atoms with Gasteiger partial charge in [-0.25, -0.2) is 0 Å². The van der Waals surface area contributed by atoms with E-state index in [1.807, 2.05) is 13.1 Å². The zero-order chi connectivity index (χ0) is 19.9. The molecule has 144 valence electrons. The van der Waals surface area contributed by atoms with Gasteiger partial charge in [-0.1, -0.05) is 0 Å². The monoisotopic (exact) mass is 379 g/mol. The highest BCUT2D eigenvalue weighted by molar-refractivity contribution is 6.05. The van der Waals surface area contributed by atoms with Gasteiger partial charge in [0.2, 0.25) is 5.91 Å². The van der Waals surface area contributed by atoms with Gasteiger partial charge in [0.25, 0.3) is 5.91 Å². The molecular weight excluding hydrogens is 358 g/mol. The van der Waals surface area contributed by atoms with Crippen LogP contribution in [0, 0.1) is 6.92 Å². The maximum atomic E-state index is 12.3. The summed E-state index contributed by atoms with van der Waals surface area (Å²) in [7, 11) is 1.50. The largest absolute Gasteiger partial charge is 0.494 e. The fraction of sp³-hybridized carbons (Fsp3) is 0.200. The summed E-state index contributed by atoms with van der Waals surface area (Å²) in [6, 6.07) is 8.41. The smallest absolute Gasteiger partial charge is 0.257 e. The van der Waals surface area contributed by atoms with E-state index in [0.29, 0.717) is 35.7 Å². The van der Waals surface area contributed by atoms with E-state index < -0.39 is 0 Å². The number of aromatic nitrogens is 3. The first kappa shape index (κ1) is 19.1. The van der Waals surface area contributed by atoms with Crippen molar-refractivity contribution in [2.75, 3.05) is 17.7 Å². The van der Waals surface area contributed by atoms with Crippen LogP contribution in [0.1, 0.15) is 22.3 Å². The number of rotatable bonds is 7. The van der Waals surface area contributed by atoms with Crippen LogP contribution in [-0.2, 0) is 11.3 Å². The van der Waals surface area contributed by atoms with E-state index in [1.165, 1.54) is 13.3 Å². The molecule has 1 aromatic carbocycles. The summed E-state index contributed by atoms with van der Waals surface area (Å²) in [4.78, 5) is 28.4. The van der Waals surface area contributed by atoms with Crippen molar-refractivity contribution in [2.45, 2.75) is 19.9 Å². The van der Waals surface area contributed by atoms with E-state index in [-0.39, 0.29) is 11.8 Å². The van der Waals surface area contributed by atoms with Crippen molar-refractivity contribution in [1.82, 2.24) is 14.8 Å². The predicted molar refractivity (Wildman–Crippen MR) is 105 cm³/mol. The third-order valence-electron chi connectivity index (χ3n) is 3.99. The summed E-state index contributed by atoms with van der Waals surface area (Å²) in [5.41, 5.74) is 2.57. The fourth-order valence-electron chi connectivity index (χ4n) is 2.59. The molecule has 0 aliphatic rings. The van der Waals surface area contributed by atoms with Crippen molar-refractivity contribution in [2.24, 2.45) is 0 Å². The van der Waals surface area contributed by atoms with Crippen molar-refractivity contribution in [3.8, 4) is 5.75 Å². The second-order valence-corrected chi connectivity index (χ2v) is 6.19. The summed E-state index contributed by atoms with van der Waals surface area (Å²) in [6.07, 6.45) is 7.01. The van der Waals surface area contributed by atoms with Gasteiger partial charge >= 0.3 is 0 Å². The van der Waals surface area contributed by atoms with E-state index in [2.05, 4.69) is 20.7 Å². The Labute approximate surface area is 162 Å². The number of carbonyl (C=O) groups is 2. The molecule has 2 aromatic heterocycles. The molecule has 2 amide bonds. The maximum Gasteiger partial charge on any atom is 0.257 e. The molecule has 0 aliphatic carbocycles. The highest BCUT2D eigenvalue weighted by Gasteiger charge is 2.12. The van der Waals surface area contributed by atoms with E-state index in [4.69, 9.17) is 4.74 Å². The third-order valence-corrected chi connectivity index (χ3v) is 3.99. The highest BCUT2D eigenvalue weighted by Crippen LogP contribution is 2.28. The number of methoxy groups -OCH3 is 1. The van der Waals surface area contributed by atoms with Crippen LogP contribution in [-0.4, -0.2) is 33.7 Å². The minimum Gasteiger partial charge on any atom is -0.494 e. The summed E-state index contributed by atoms with van der Waals surface area (Å²) in [5, 5.41) is 9.76. The number of amides is 2. The number of carbonyl (C=O) groups excluding carboxylic acids is 2. The minimum atomic E-state index is -0.294. The quantitative estimate of drug-likeness (QED) is 0.658. The van der Waals surface area contributed by atoms with Gasteiger partial charge in [-0.05, 0) is 36.8 Å². The second-order valence-electron chi connectivity index (χ2n) is 6.19. The van der Waals surface area contributed by atoms with E-state index >= 15 is 0 Å². The maximum absolute atomic E-state index is 12.3. The zero-order valence-corrected chi connectivity index (χ0v) is 15.7. The molecule has 0 unspecified atom stereocenters. The zero-order valence-electron chi connectivity index (χ0n) is 15.7. The fourth-order valence-corrected chi connectivity index (χ4v) is 2.59. The van der Waals surface area contributed by atoms with Crippen LogP contribution in [0.25, 0.3) is 0 Å². The average molecular weight is 379 g/mol. The van der Waals surface area contributed by atoms with Gasteiger partial charge in [-0.2, -0.15) is 5.10 Å². The van der Waals surface area contributed by atoms with Crippen molar-refractivity contribution in [1.29, 1.82) is 0 Å². The molecule has 28 heavy (non-hydrogen) atoms. The summed E-state index contributed by atoms with van der Waals surface area (Å²) in [6.45, 7) is 2.44. The average Bonchev–Trinajstić information content (AvgIpc) is 3.13. The molecule has 0 aliphatic heterocycles. The lowest BCUT2D eigenvalue weighted by Gasteiger charge is -2.13. The lowest BCUT2D eigenvalue weighted by molar-refractivity contribution is -0.116. The van der Waals surface area contributed by atoms with Gasteiger partial charge in [-0.3, -0.25) is 19.3 Å². The number of nitrogens with zero attached hydrogens (tertiary/aromatic N) is 3. The third kappa shape index (κ3) is 4.94. The summed E-state index contributed by atoms with van der Waals surface area (Å²) < 4.78 is 7.07. The normalized spacial score (nSPS) is 10.4. The Hall–Kier alpha value is -3.68. The van der Waals surface area contributed by atoms with Gasteiger partial charge in [0.1, 0.15) is 5.75 Å². The Bertz CT molecular complexity index is 969. The molecule has 3 aromatic rings. The Kier molecular flexibility index (Phi) is 6.01. The molecular formula is C20H21N5O3. The Balaban J connectivity index is 1.62. The first-order chi connectivity index (χ1) is 13.5. The predicted octanol–water partition coefficient (Wildman–Crippen LogP) is 2.88. The number of aryl methyl sites for hydroxylation is 2. The molecule has 0 saturated carbocycles. The molecule has 0 bridgehead atoms. The van der Waals surface area contributed by atoms with Crippen LogP contribution in [0.3, 0.4) is 0 Å². The van der Waals surface area contributed by atoms with Crippen molar-refractivity contribution < 1.29 is 14.3 Å². The number of benzene rings is 1. The molecule has 2 N–H and O–H groups in total. The van der Waals surface area contributed by atoms with Crippen LogP contribution in [0.15, 0.2) is 55.1 Å². The summed E-state index contributed by atoms with van der Waals surface area (Å²) >= 11 is 0. The van der Waals surface area contributed by atoms with Crippen LogP contribution in [0.4, 0.5) is 11.4 Å². The van der Waals surface area contributed by atoms with Crippen LogP contribution in [0.5, 0.6) is 5.75 Å².